The second-order valence-electron chi connectivity index (χ2n) is 8.92. The number of rotatable bonds is 8. The van der Waals surface area contributed by atoms with Crippen molar-refractivity contribution in [3.63, 3.8) is 0 Å². The quantitative estimate of drug-likeness (QED) is 0.349. The highest BCUT2D eigenvalue weighted by Crippen LogP contribution is 2.33. The second-order valence-corrected chi connectivity index (χ2v) is 11.9. The average Bonchev–Trinajstić information content (AvgIpc) is 3.39. The number of nitrogens with one attached hydrogen (secondary N) is 2. The second kappa shape index (κ2) is 12.7. The molecule has 0 spiro atoms. The lowest BCUT2D eigenvalue weighted by atomic mass is 9.85. The van der Waals surface area contributed by atoms with Crippen LogP contribution in [-0.2, 0) is 21.2 Å². The number of allylic oxidation sites excluding steroid dienone is 4. The molecule has 1 aliphatic heterocycles. The minimum Gasteiger partial charge on any atom is -0.512 e. The Morgan fingerprint density at radius 1 is 1.26 bits per heavy atom. The number of hydrogen-bond acceptors (Lipinski definition) is 7. The van der Waals surface area contributed by atoms with Gasteiger partial charge in [0.25, 0.3) is 11.2 Å². The van der Waals surface area contributed by atoms with Crippen LogP contribution >= 0.6 is 0 Å². The first-order valence-electron chi connectivity index (χ1n) is 10.7. The highest BCUT2D eigenvalue weighted by atomic mass is 32.2. The van der Waals surface area contributed by atoms with Crippen molar-refractivity contribution in [3.8, 4) is 12.8 Å². The van der Waals surface area contributed by atoms with Crippen LogP contribution in [0.5, 0.6) is 0 Å². The summed E-state index contributed by atoms with van der Waals surface area (Å²) in [6.45, 7) is 9.28. The molecule has 0 aromatic carbocycles. The first-order valence-corrected chi connectivity index (χ1v) is 13.2. The molecule has 1 aromatic rings. The van der Waals surface area contributed by atoms with Crippen molar-refractivity contribution in [1.82, 2.24) is 14.9 Å². The highest BCUT2D eigenvalue weighted by Gasteiger charge is 2.32. The van der Waals surface area contributed by atoms with E-state index in [4.69, 9.17) is 4.42 Å². The molecule has 3 N–H and O–H groups in total. The third-order valence-electron chi connectivity index (χ3n) is 4.87. The molecule has 0 fully saturated rings. The molecule has 1 aromatic heterocycles. The maximum Gasteiger partial charge on any atom is 0.269 e. The summed E-state index contributed by atoms with van der Waals surface area (Å²) in [6.07, 6.45) is 11.9. The van der Waals surface area contributed by atoms with E-state index in [2.05, 4.69) is 32.3 Å². The molecule has 0 amide bonds. The minimum absolute atomic E-state index is 0.0359. The van der Waals surface area contributed by atoms with Gasteiger partial charge in [-0.3, -0.25) is 0 Å². The van der Waals surface area contributed by atoms with Gasteiger partial charge in [-0.25, -0.2) is 16.9 Å². The Morgan fingerprint density at radius 2 is 1.86 bits per heavy atom. The van der Waals surface area contributed by atoms with E-state index in [1.807, 2.05) is 26.8 Å². The first-order chi connectivity index (χ1) is 16.2. The van der Waals surface area contributed by atoms with Crippen LogP contribution in [0.1, 0.15) is 59.3 Å². The summed E-state index contributed by atoms with van der Waals surface area (Å²) in [7, 11) is -0.878. The van der Waals surface area contributed by atoms with Gasteiger partial charge < -0.3 is 20.2 Å². The third kappa shape index (κ3) is 8.38. The lowest BCUT2D eigenvalue weighted by Crippen LogP contribution is -2.43. The van der Waals surface area contributed by atoms with Crippen molar-refractivity contribution in [2.75, 3.05) is 14.1 Å². The molecule has 0 saturated carbocycles. The van der Waals surface area contributed by atoms with Crippen LogP contribution in [0.15, 0.2) is 54.0 Å². The maximum absolute atomic E-state index is 12.4. The molecule has 0 aliphatic carbocycles. The van der Waals surface area contributed by atoms with Crippen LogP contribution in [0.2, 0.25) is 0 Å². The Morgan fingerprint density at radius 3 is 2.34 bits per heavy atom. The van der Waals surface area contributed by atoms with E-state index in [1.165, 1.54) is 21.0 Å². The van der Waals surface area contributed by atoms with Crippen molar-refractivity contribution in [2.24, 2.45) is 14.2 Å². The molecule has 2 rings (SSSR count). The standard InChI is InChI=1S/C21H33N5O5S2.C2H2/c1-14(10-8-12-17(15(2)27)33(29,30)26(6)7)22-19-20(25-32(28)24-19)23-18(21(3,4)5)16-11-9-13-31-16;1-2/h9-11,13,18,27H,8,12H2,1-7H3,(H,22,24)(H,23,25);1-2H/b14-10+,17-15-;/t18-,32?;/m0./s1. The van der Waals surface area contributed by atoms with Gasteiger partial charge in [-0.1, -0.05) is 26.8 Å². The van der Waals surface area contributed by atoms with E-state index >= 15 is 0 Å². The topological polar surface area (TPSA) is 137 Å². The molecule has 2 atom stereocenters. The molecule has 194 valence electrons. The van der Waals surface area contributed by atoms with Gasteiger partial charge in [0, 0.05) is 19.8 Å². The zero-order valence-electron chi connectivity index (χ0n) is 21.2. The smallest absolute Gasteiger partial charge is 0.269 e. The minimum atomic E-state index is -3.71. The Balaban J connectivity index is 0.00000298. The maximum atomic E-state index is 12.4. The van der Waals surface area contributed by atoms with Crippen molar-refractivity contribution in [1.29, 1.82) is 0 Å². The molecular weight excluding hydrogens is 490 g/mol. The predicted octanol–water partition coefficient (Wildman–Crippen LogP) is 3.55. The lowest BCUT2D eigenvalue weighted by Gasteiger charge is -2.30. The van der Waals surface area contributed by atoms with Gasteiger partial charge in [0.05, 0.1) is 17.2 Å². The molecule has 1 aliphatic rings. The van der Waals surface area contributed by atoms with Crippen molar-refractivity contribution >= 4 is 32.9 Å². The number of terminal acetylenes is 1. The highest BCUT2D eigenvalue weighted by molar-refractivity contribution is 7.93. The van der Waals surface area contributed by atoms with E-state index in [1.54, 1.807) is 25.3 Å². The Bertz CT molecular complexity index is 1130. The van der Waals surface area contributed by atoms with Gasteiger partial charge in [-0.2, -0.15) is 0 Å². The summed E-state index contributed by atoms with van der Waals surface area (Å²) < 4.78 is 51.5. The number of aliphatic hydroxyl groups is 1. The monoisotopic (exact) mass is 525 g/mol. The number of sulfonamides is 1. The summed E-state index contributed by atoms with van der Waals surface area (Å²) in [4.78, 5) is -0.0359. The summed E-state index contributed by atoms with van der Waals surface area (Å²) in [5.41, 5.74) is 0.438. The number of amidine groups is 2. The summed E-state index contributed by atoms with van der Waals surface area (Å²) in [5, 5.41) is 16.2. The fourth-order valence-electron chi connectivity index (χ4n) is 3.12. The van der Waals surface area contributed by atoms with Gasteiger partial charge >= 0.3 is 0 Å². The largest absolute Gasteiger partial charge is 0.512 e. The fraction of sp³-hybridized carbons (Fsp3) is 0.478. The molecule has 12 heteroatoms. The van der Waals surface area contributed by atoms with Gasteiger partial charge in [-0.05, 0) is 44.2 Å². The lowest BCUT2D eigenvalue weighted by molar-refractivity contribution is 0.264. The zero-order chi connectivity index (χ0) is 27.0. The Labute approximate surface area is 211 Å². The summed E-state index contributed by atoms with van der Waals surface area (Å²) in [5.74, 6) is 1.15. The third-order valence-corrected chi connectivity index (χ3v) is 7.63. The summed E-state index contributed by atoms with van der Waals surface area (Å²) >= 11 is -1.76. The molecule has 35 heavy (non-hydrogen) atoms. The molecule has 10 nitrogen and oxygen atoms in total. The van der Waals surface area contributed by atoms with Gasteiger partial charge in [-0.15, -0.1) is 21.6 Å². The summed E-state index contributed by atoms with van der Waals surface area (Å²) in [6, 6.07) is 3.42. The fourth-order valence-corrected chi connectivity index (χ4v) is 4.94. The van der Waals surface area contributed by atoms with Crippen LogP contribution in [0.4, 0.5) is 0 Å². The van der Waals surface area contributed by atoms with Crippen molar-refractivity contribution in [2.45, 2.75) is 53.5 Å². The normalized spacial score (nSPS) is 18.1. The Kier molecular flexibility index (Phi) is 11.0. The van der Waals surface area contributed by atoms with E-state index < -0.39 is 21.2 Å². The zero-order valence-corrected chi connectivity index (χ0v) is 22.8. The van der Waals surface area contributed by atoms with E-state index in [0.717, 1.165) is 10.1 Å². The van der Waals surface area contributed by atoms with E-state index in [0.29, 0.717) is 23.8 Å². The molecule has 2 heterocycles. The van der Waals surface area contributed by atoms with E-state index in [9.17, 15) is 17.7 Å². The Hall–Kier alpha value is -2.88. The van der Waals surface area contributed by atoms with Crippen LogP contribution in [0.25, 0.3) is 0 Å². The van der Waals surface area contributed by atoms with Crippen LogP contribution in [-0.4, -0.2) is 47.8 Å². The van der Waals surface area contributed by atoms with Crippen LogP contribution in [0.3, 0.4) is 0 Å². The number of furan rings is 1. The SMILES string of the molecule is C#C.C/C(O)=C(\CC/C=C(\C)NC1=NS(=O)N=C1N[C@@H](c1ccco1)C(C)(C)C)S(=O)(=O)N(C)C. The van der Waals surface area contributed by atoms with Crippen LogP contribution < -0.4 is 10.6 Å². The molecule has 0 saturated heterocycles. The van der Waals surface area contributed by atoms with E-state index in [-0.39, 0.29) is 28.5 Å². The number of hydrogen-bond donors (Lipinski definition) is 3. The van der Waals surface area contributed by atoms with Gasteiger partial charge in [0.15, 0.2) is 11.7 Å². The number of nitrogens with zero attached hydrogens (tertiary/aromatic N) is 3. The predicted molar refractivity (Wildman–Crippen MR) is 141 cm³/mol. The van der Waals surface area contributed by atoms with Crippen molar-refractivity contribution in [3.05, 3.63) is 46.6 Å². The van der Waals surface area contributed by atoms with Crippen molar-refractivity contribution < 1.29 is 22.2 Å². The molecular formula is C23H35N5O5S2. The number of aliphatic hydroxyl groups excluding tert-OH is 1. The average molecular weight is 526 g/mol. The molecule has 0 radical (unpaired) electrons. The van der Waals surface area contributed by atoms with Gasteiger partial charge in [0.2, 0.25) is 10.0 Å². The first kappa shape index (κ1) is 30.2. The molecule has 0 bridgehead atoms. The molecule has 1 unspecified atom stereocenters. The van der Waals surface area contributed by atoms with Gasteiger partial charge in [0.1, 0.15) is 11.5 Å². The van der Waals surface area contributed by atoms with Crippen LogP contribution in [0, 0.1) is 18.3 Å².